The largest absolute Gasteiger partial charge is 0.266 e. The third kappa shape index (κ3) is 1.21. The smallest absolute Gasteiger partial charge is 0.245 e. The molecular weight excluding hydrogens is 286 g/mol. The van der Waals surface area contributed by atoms with E-state index in [1.165, 1.54) is 4.31 Å². The molecule has 14 heavy (non-hydrogen) atoms. The average molecular weight is 292 g/mol. The average Bonchev–Trinajstić information content (AvgIpc) is 2.36. The SMILES string of the molecule is O=S1(=O)c2ccccc2C(=S)N1CBr. The Morgan fingerprint density at radius 2 is 2.00 bits per heavy atom. The molecule has 0 spiro atoms. The summed E-state index contributed by atoms with van der Waals surface area (Å²) in [5, 5.41) is 0. The lowest BCUT2D eigenvalue weighted by atomic mass is 10.2. The van der Waals surface area contributed by atoms with E-state index in [0.29, 0.717) is 15.4 Å². The standard InChI is InChI=1S/C8H6BrNO2S2/c9-5-10-8(13)6-3-1-2-4-7(6)14(10,11)12/h1-4H,5H2. The highest BCUT2D eigenvalue weighted by molar-refractivity contribution is 9.09. The van der Waals surface area contributed by atoms with Gasteiger partial charge in [0.15, 0.2) is 0 Å². The molecule has 0 fully saturated rings. The van der Waals surface area contributed by atoms with Crippen molar-refractivity contribution in [2.75, 3.05) is 5.45 Å². The van der Waals surface area contributed by atoms with Crippen LogP contribution in [0.5, 0.6) is 0 Å². The highest BCUT2D eigenvalue weighted by Crippen LogP contribution is 2.30. The summed E-state index contributed by atoms with van der Waals surface area (Å²) >= 11 is 8.17. The van der Waals surface area contributed by atoms with Gasteiger partial charge in [0.2, 0.25) is 0 Å². The van der Waals surface area contributed by atoms with E-state index >= 15 is 0 Å². The molecule has 1 aromatic rings. The molecule has 6 heteroatoms. The molecule has 1 aliphatic heterocycles. The molecule has 0 saturated heterocycles. The summed E-state index contributed by atoms with van der Waals surface area (Å²) in [6, 6.07) is 6.76. The van der Waals surface area contributed by atoms with Crippen LogP contribution in [0.3, 0.4) is 0 Å². The summed E-state index contributed by atoms with van der Waals surface area (Å²) in [7, 11) is -3.40. The van der Waals surface area contributed by atoms with E-state index < -0.39 is 10.0 Å². The highest BCUT2D eigenvalue weighted by Gasteiger charge is 2.37. The summed E-state index contributed by atoms with van der Waals surface area (Å²) in [6.07, 6.45) is 0. The van der Waals surface area contributed by atoms with Gasteiger partial charge in [-0.05, 0) is 6.07 Å². The number of halogens is 1. The Balaban J connectivity index is 2.74. The van der Waals surface area contributed by atoms with Crippen LogP contribution in [0.4, 0.5) is 0 Å². The second-order valence-electron chi connectivity index (χ2n) is 2.77. The summed E-state index contributed by atoms with van der Waals surface area (Å²) < 4.78 is 24.8. The molecule has 0 atom stereocenters. The van der Waals surface area contributed by atoms with Crippen LogP contribution >= 0.6 is 28.1 Å². The van der Waals surface area contributed by atoms with Crippen molar-refractivity contribution in [1.82, 2.24) is 4.31 Å². The van der Waals surface area contributed by atoms with E-state index in [4.69, 9.17) is 12.2 Å². The summed E-state index contributed by atoms with van der Waals surface area (Å²) in [4.78, 5) is 0.655. The highest BCUT2D eigenvalue weighted by atomic mass is 79.9. The summed E-state index contributed by atoms with van der Waals surface area (Å²) in [5.74, 6) is 0. The Hall–Kier alpha value is -0.460. The number of fused-ring (bicyclic) bond motifs is 1. The molecule has 2 rings (SSSR count). The van der Waals surface area contributed by atoms with E-state index in [1.807, 2.05) is 0 Å². The molecule has 1 heterocycles. The van der Waals surface area contributed by atoms with E-state index in [0.717, 1.165) is 0 Å². The van der Waals surface area contributed by atoms with E-state index in [1.54, 1.807) is 24.3 Å². The summed E-state index contributed by atoms with van der Waals surface area (Å²) in [6.45, 7) is 0. The summed E-state index contributed by atoms with van der Waals surface area (Å²) in [5.41, 5.74) is 0.810. The Morgan fingerprint density at radius 1 is 1.36 bits per heavy atom. The lowest BCUT2D eigenvalue weighted by Crippen LogP contribution is -2.27. The van der Waals surface area contributed by atoms with Gasteiger partial charge in [-0.15, -0.1) is 0 Å². The molecule has 0 bridgehead atoms. The van der Waals surface area contributed by atoms with Crippen LogP contribution in [-0.4, -0.2) is 23.2 Å². The zero-order valence-corrected chi connectivity index (χ0v) is 10.2. The maximum Gasteiger partial charge on any atom is 0.266 e. The first-order valence-electron chi connectivity index (χ1n) is 3.81. The second kappa shape index (κ2) is 3.29. The molecule has 1 aliphatic rings. The molecule has 1 aromatic carbocycles. The number of rotatable bonds is 1. The number of sulfonamides is 1. The van der Waals surface area contributed by atoms with Crippen LogP contribution in [0, 0.1) is 0 Å². The van der Waals surface area contributed by atoms with Gasteiger partial charge in [-0.2, -0.15) is 0 Å². The van der Waals surface area contributed by atoms with Crippen molar-refractivity contribution in [2.24, 2.45) is 0 Å². The maximum atomic E-state index is 11.8. The molecule has 0 unspecified atom stereocenters. The molecule has 0 saturated carbocycles. The third-order valence-corrected chi connectivity index (χ3v) is 5.21. The van der Waals surface area contributed by atoms with Crippen LogP contribution in [0.25, 0.3) is 0 Å². The van der Waals surface area contributed by atoms with E-state index in [-0.39, 0.29) is 5.45 Å². The quantitative estimate of drug-likeness (QED) is 0.449. The normalized spacial score (nSPS) is 18.4. The van der Waals surface area contributed by atoms with Gasteiger partial charge in [0, 0.05) is 5.56 Å². The second-order valence-corrected chi connectivity index (χ2v) is 5.49. The predicted molar refractivity (Wildman–Crippen MR) is 61.0 cm³/mol. The van der Waals surface area contributed by atoms with E-state index in [9.17, 15) is 8.42 Å². The van der Waals surface area contributed by atoms with Crippen LogP contribution in [0.2, 0.25) is 0 Å². The molecule has 0 aliphatic carbocycles. The van der Waals surface area contributed by atoms with Crippen LogP contribution in [-0.2, 0) is 10.0 Å². The molecule has 74 valence electrons. The molecule has 0 N–H and O–H groups in total. The minimum Gasteiger partial charge on any atom is -0.245 e. The minimum atomic E-state index is -3.40. The van der Waals surface area contributed by atoms with Crippen LogP contribution in [0.15, 0.2) is 29.2 Å². The van der Waals surface area contributed by atoms with E-state index in [2.05, 4.69) is 15.9 Å². The van der Waals surface area contributed by atoms with Gasteiger partial charge in [0.1, 0.15) is 4.99 Å². The van der Waals surface area contributed by atoms with Crippen molar-refractivity contribution in [3.05, 3.63) is 29.8 Å². The molecule has 0 aromatic heterocycles. The fourth-order valence-corrected chi connectivity index (χ4v) is 4.55. The minimum absolute atomic E-state index is 0.197. The Bertz CT molecular complexity index is 498. The van der Waals surface area contributed by atoms with Crippen molar-refractivity contribution in [2.45, 2.75) is 4.90 Å². The Morgan fingerprint density at radius 3 is 2.57 bits per heavy atom. The van der Waals surface area contributed by atoms with Gasteiger partial charge in [0.25, 0.3) is 10.0 Å². The Labute approximate surface area is 95.9 Å². The van der Waals surface area contributed by atoms with Crippen LogP contribution in [0.1, 0.15) is 5.56 Å². The van der Waals surface area contributed by atoms with Gasteiger partial charge in [-0.25, -0.2) is 12.7 Å². The molecular formula is C8H6BrNO2S2. The fraction of sp³-hybridized carbons (Fsp3) is 0.125. The first-order chi connectivity index (χ1) is 6.59. The zero-order valence-electron chi connectivity index (χ0n) is 6.97. The maximum absolute atomic E-state index is 11.8. The van der Waals surface area contributed by atoms with Crippen molar-refractivity contribution in [3.8, 4) is 0 Å². The van der Waals surface area contributed by atoms with Gasteiger partial charge >= 0.3 is 0 Å². The van der Waals surface area contributed by atoms with Crippen molar-refractivity contribution in [3.63, 3.8) is 0 Å². The topological polar surface area (TPSA) is 37.4 Å². The molecule has 3 nitrogen and oxygen atoms in total. The lowest BCUT2D eigenvalue weighted by Gasteiger charge is -2.12. The number of hydrogen-bond acceptors (Lipinski definition) is 3. The number of alkyl halides is 1. The molecule has 0 radical (unpaired) electrons. The van der Waals surface area contributed by atoms with Gasteiger partial charge in [-0.3, -0.25) is 0 Å². The monoisotopic (exact) mass is 291 g/mol. The van der Waals surface area contributed by atoms with Crippen molar-refractivity contribution < 1.29 is 8.42 Å². The number of nitrogens with zero attached hydrogens (tertiary/aromatic N) is 1. The van der Waals surface area contributed by atoms with Gasteiger partial charge < -0.3 is 0 Å². The number of benzene rings is 1. The first-order valence-corrected chi connectivity index (χ1v) is 6.78. The number of thiocarbonyl (C=S) groups is 1. The van der Waals surface area contributed by atoms with Gasteiger partial charge in [-0.1, -0.05) is 46.3 Å². The fourth-order valence-electron chi connectivity index (χ4n) is 1.35. The van der Waals surface area contributed by atoms with Crippen LogP contribution < -0.4 is 0 Å². The molecule has 0 amide bonds. The predicted octanol–water partition coefficient (Wildman–Crippen LogP) is 1.72. The van der Waals surface area contributed by atoms with Crippen molar-refractivity contribution in [1.29, 1.82) is 0 Å². The zero-order chi connectivity index (χ0) is 10.3. The van der Waals surface area contributed by atoms with Gasteiger partial charge in [0.05, 0.1) is 10.3 Å². The third-order valence-electron chi connectivity index (χ3n) is 2.02. The number of hydrogen-bond donors (Lipinski definition) is 0. The lowest BCUT2D eigenvalue weighted by molar-refractivity contribution is 0.558. The van der Waals surface area contributed by atoms with Crippen molar-refractivity contribution >= 4 is 43.2 Å². The Kier molecular flexibility index (Phi) is 2.36. The first kappa shape index (κ1) is 10.1.